The second kappa shape index (κ2) is 5.57. The largest absolute Gasteiger partial charge is 0.394 e. The van der Waals surface area contributed by atoms with E-state index in [0.717, 1.165) is 31.4 Å². The molecule has 6 heteroatoms. The van der Waals surface area contributed by atoms with Gasteiger partial charge in [0.15, 0.2) is 0 Å². The minimum atomic E-state index is -0.527. The molecule has 0 radical (unpaired) electrons. The minimum Gasteiger partial charge on any atom is -0.394 e. The van der Waals surface area contributed by atoms with Gasteiger partial charge in [-0.1, -0.05) is 18.1 Å². The standard InChI is InChI=1S/C11H20N4O2/c16-6-5-15-8-10(13-14-15)7-12-9-11(17)3-1-2-4-11/h8,12,16-17H,1-7,9H2. The topological polar surface area (TPSA) is 83.2 Å². The highest BCUT2D eigenvalue weighted by atomic mass is 16.3. The lowest BCUT2D eigenvalue weighted by molar-refractivity contribution is 0.0474. The molecule has 0 atom stereocenters. The van der Waals surface area contributed by atoms with Crippen molar-refractivity contribution in [3.05, 3.63) is 11.9 Å². The Bertz CT molecular complexity index is 347. The first-order valence-corrected chi connectivity index (χ1v) is 6.15. The predicted molar refractivity (Wildman–Crippen MR) is 62.2 cm³/mol. The predicted octanol–water partition coefficient (Wildman–Crippen LogP) is -0.335. The zero-order valence-corrected chi connectivity index (χ0v) is 9.97. The second-order valence-corrected chi connectivity index (χ2v) is 4.73. The Hall–Kier alpha value is -0.980. The van der Waals surface area contributed by atoms with E-state index >= 15 is 0 Å². The molecule has 1 aromatic heterocycles. The first-order valence-electron chi connectivity index (χ1n) is 6.15. The molecular weight excluding hydrogens is 220 g/mol. The van der Waals surface area contributed by atoms with Gasteiger partial charge in [0.25, 0.3) is 0 Å². The second-order valence-electron chi connectivity index (χ2n) is 4.73. The van der Waals surface area contributed by atoms with Crippen LogP contribution >= 0.6 is 0 Å². The van der Waals surface area contributed by atoms with E-state index in [-0.39, 0.29) is 6.61 Å². The van der Waals surface area contributed by atoms with Crippen molar-refractivity contribution in [1.29, 1.82) is 0 Å². The number of aliphatic hydroxyl groups excluding tert-OH is 1. The maximum Gasteiger partial charge on any atom is 0.0964 e. The zero-order chi connectivity index (χ0) is 12.1. The summed E-state index contributed by atoms with van der Waals surface area (Å²) in [5, 5.41) is 29.9. The maximum absolute atomic E-state index is 10.1. The summed E-state index contributed by atoms with van der Waals surface area (Å²) < 4.78 is 1.61. The molecule has 1 aromatic rings. The summed E-state index contributed by atoms with van der Waals surface area (Å²) in [6, 6.07) is 0. The molecule has 0 spiro atoms. The highest BCUT2D eigenvalue weighted by Crippen LogP contribution is 2.28. The van der Waals surface area contributed by atoms with Crippen LogP contribution in [0.1, 0.15) is 31.4 Å². The molecule has 0 amide bonds. The lowest BCUT2D eigenvalue weighted by atomic mass is 10.0. The van der Waals surface area contributed by atoms with Crippen molar-refractivity contribution in [2.45, 2.75) is 44.4 Å². The van der Waals surface area contributed by atoms with Crippen LogP contribution in [-0.4, -0.2) is 44.0 Å². The average molecular weight is 240 g/mol. The van der Waals surface area contributed by atoms with Crippen LogP contribution in [0.2, 0.25) is 0 Å². The number of aliphatic hydroxyl groups is 2. The van der Waals surface area contributed by atoms with Crippen LogP contribution in [-0.2, 0) is 13.1 Å². The summed E-state index contributed by atoms with van der Waals surface area (Å²) in [5.41, 5.74) is 0.307. The molecule has 0 unspecified atom stereocenters. The van der Waals surface area contributed by atoms with Crippen LogP contribution < -0.4 is 5.32 Å². The molecule has 1 aliphatic rings. The Morgan fingerprint density at radius 2 is 2.18 bits per heavy atom. The highest BCUT2D eigenvalue weighted by molar-refractivity contribution is 4.93. The number of nitrogens with zero attached hydrogens (tertiary/aromatic N) is 3. The van der Waals surface area contributed by atoms with E-state index in [2.05, 4.69) is 15.6 Å². The van der Waals surface area contributed by atoms with Crippen LogP contribution in [0.25, 0.3) is 0 Å². The molecule has 0 saturated heterocycles. The summed E-state index contributed by atoms with van der Waals surface area (Å²) in [6.45, 7) is 1.75. The molecule has 1 fully saturated rings. The summed E-state index contributed by atoms with van der Waals surface area (Å²) in [6.07, 6.45) is 5.81. The van der Waals surface area contributed by atoms with E-state index < -0.39 is 5.60 Å². The Morgan fingerprint density at radius 3 is 2.88 bits per heavy atom. The van der Waals surface area contributed by atoms with Crippen LogP contribution in [0.4, 0.5) is 0 Å². The van der Waals surface area contributed by atoms with E-state index in [1.54, 1.807) is 4.68 Å². The fourth-order valence-corrected chi connectivity index (χ4v) is 2.26. The minimum absolute atomic E-state index is 0.0655. The summed E-state index contributed by atoms with van der Waals surface area (Å²) in [5.74, 6) is 0. The Kier molecular flexibility index (Phi) is 4.09. The normalized spacial score (nSPS) is 18.7. The van der Waals surface area contributed by atoms with Gasteiger partial charge in [0.1, 0.15) is 0 Å². The van der Waals surface area contributed by atoms with Gasteiger partial charge in [-0.2, -0.15) is 0 Å². The molecule has 0 bridgehead atoms. The molecule has 1 heterocycles. The number of hydrogen-bond acceptors (Lipinski definition) is 5. The average Bonchev–Trinajstić information content (AvgIpc) is 2.90. The monoisotopic (exact) mass is 240 g/mol. The first kappa shape index (κ1) is 12.5. The van der Waals surface area contributed by atoms with Crippen molar-refractivity contribution in [2.24, 2.45) is 0 Å². The molecule has 3 N–H and O–H groups in total. The molecule has 96 valence electrons. The quantitative estimate of drug-likeness (QED) is 0.634. The first-order chi connectivity index (χ1) is 8.22. The van der Waals surface area contributed by atoms with Gasteiger partial charge in [-0.25, -0.2) is 4.68 Å². The number of rotatable bonds is 6. The van der Waals surface area contributed by atoms with Crippen molar-refractivity contribution >= 4 is 0 Å². The number of nitrogens with one attached hydrogen (secondary N) is 1. The van der Waals surface area contributed by atoms with Crippen molar-refractivity contribution in [1.82, 2.24) is 20.3 Å². The Labute approximate surface area is 101 Å². The molecule has 2 rings (SSSR count). The van der Waals surface area contributed by atoms with Crippen LogP contribution in [0.5, 0.6) is 0 Å². The number of hydrogen-bond donors (Lipinski definition) is 3. The summed E-state index contributed by atoms with van der Waals surface area (Å²) in [7, 11) is 0. The van der Waals surface area contributed by atoms with Gasteiger partial charge in [-0.15, -0.1) is 5.10 Å². The summed E-state index contributed by atoms with van der Waals surface area (Å²) >= 11 is 0. The van der Waals surface area contributed by atoms with Gasteiger partial charge >= 0.3 is 0 Å². The lowest BCUT2D eigenvalue weighted by Gasteiger charge is -2.21. The fourth-order valence-electron chi connectivity index (χ4n) is 2.26. The molecule has 0 aliphatic heterocycles. The smallest absolute Gasteiger partial charge is 0.0964 e. The van der Waals surface area contributed by atoms with E-state index in [0.29, 0.717) is 19.6 Å². The van der Waals surface area contributed by atoms with Crippen molar-refractivity contribution in [3.63, 3.8) is 0 Å². The SMILES string of the molecule is OCCn1cc(CNCC2(O)CCCC2)nn1. The molecule has 0 aromatic carbocycles. The van der Waals surface area contributed by atoms with E-state index in [1.165, 1.54) is 0 Å². The van der Waals surface area contributed by atoms with Crippen LogP contribution in [0.15, 0.2) is 6.20 Å². The molecular formula is C11H20N4O2. The Morgan fingerprint density at radius 1 is 1.41 bits per heavy atom. The summed E-state index contributed by atoms with van der Waals surface area (Å²) in [4.78, 5) is 0. The van der Waals surface area contributed by atoms with Gasteiger partial charge in [-0.3, -0.25) is 0 Å². The van der Waals surface area contributed by atoms with Gasteiger partial charge in [0.2, 0.25) is 0 Å². The van der Waals surface area contributed by atoms with Crippen LogP contribution in [0, 0.1) is 0 Å². The van der Waals surface area contributed by atoms with Gasteiger partial charge in [0, 0.05) is 19.3 Å². The fraction of sp³-hybridized carbons (Fsp3) is 0.818. The molecule has 17 heavy (non-hydrogen) atoms. The lowest BCUT2D eigenvalue weighted by Crippen LogP contribution is -2.37. The third kappa shape index (κ3) is 3.49. The van der Waals surface area contributed by atoms with Crippen molar-refractivity contribution in [2.75, 3.05) is 13.2 Å². The van der Waals surface area contributed by atoms with Gasteiger partial charge in [0.05, 0.1) is 24.4 Å². The third-order valence-corrected chi connectivity index (χ3v) is 3.21. The van der Waals surface area contributed by atoms with Gasteiger partial charge in [-0.05, 0) is 12.8 Å². The van der Waals surface area contributed by atoms with Crippen LogP contribution in [0.3, 0.4) is 0 Å². The van der Waals surface area contributed by atoms with Crippen molar-refractivity contribution < 1.29 is 10.2 Å². The highest BCUT2D eigenvalue weighted by Gasteiger charge is 2.30. The van der Waals surface area contributed by atoms with Gasteiger partial charge < -0.3 is 15.5 Å². The van der Waals surface area contributed by atoms with E-state index in [9.17, 15) is 5.11 Å². The van der Waals surface area contributed by atoms with Crippen molar-refractivity contribution in [3.8, 4) is 0 Å². The molecule has 6 nitrogen and oxygen atoms in total. The molecule has 1 aliphatic carbocycles. The number of aromatic nitrogens is 3. The molecule has 1 saturated carbocycles. The van der Waals surface area contributed by atoms with E-state index in [1.807, 2.05) is 6.20 Å². The Balaban J connectivity index is 1.73. The third-order valence-electron chi connectivity index (χ3n) is 3.21. The maximum atomic E-state index is 10.1. The zero-order valence-electron chi connectivity index (χ0n) is 9.97. The van der Waals surface area contributed by atoms with E-state index in [4.69, 9.17) is 5.11 Å².